The van der Waals surface area contributed by atoms with Crippen LogP contribution in [0.4, 0.5) is 0 Å². The maximum Gasteiger partial charge on any atom is 0.212 e. The topological polar surface area (TPSA) is 46.2 Å². The molecule has 0 aliphatic carbocycles. The van der Waals surface area contributed by atoms with Crippen LogP contribution in [-0.4, -0.2) is 14.2 Å². The molecule has 0 unspecified atom stereocenters. The highest BCUT2D eigenvalue weighted by Crippen LogP contribution is 2.24. The molecule has 1 N–H and O–H groups in total. The monoisotopic (exact) mass is 289 g/mol. The number of rotatable bonds is 6. The van der Waals surface area contributed by atoms with Crippen LogP contribution in [0.1, 0.15) is 39.2 Å². The Morgan fingerprint density at radius 2 is 2.00 bits per heavy atom. The van der Waals surface area contributed by atoms with Gasteiger partial charge in [0.1, 0.15) is 0 Å². The first-order valence-corrected chi connectivity index (χ1v) is 8.07. The SMILES string of the molecule is CCCCS(=O)(=O)NC(C)(C)c1cccc(Cl)c1. The normalized spacial score (nSPS) is 12.7. The molecule has 0 aliphatic rings. The minimum atomic E-state index is -3.26. The number of unbranched alkanes of at least 4 members (excludes halogenated alkanes) is 1. The highest BCUT2D eigenvalue weighted by Gasteiger charge is 2.26. The third-order valence-electron chi connectivity index (χ3n) is 2.72. The number of hydrogen-bond donors (Lipinski definition) is 1. The first-order valence-electron chi connectivity index (χ1n) is 6.04. The minimum Gasteiger partial charge on any atom is -0.212 e. The van der Waals surface area contributed by atoms with E-state index >= 15 is 0 Å². The van der Waals surface area contributed by atoms with Crippen molar-refractivity contribution < 1.29 is 8.42 Å². The van der Waals surface area contributed by atoms with Crippen molar-refractivity contribution >= 4 is 21.6 Å². The van der Waals surface area contributed by atoms with Crippen molar-refractivity contribution in [2.24, 2.45) is 0 Å². The summed E-state index contributed by atoms with van der Waals surface area (Å²) in [4.78, 5) is 0. The summed E-state index contributed by atoms with van der Waals surface area (Å²) in [6, 6.07) is 7.24. The van der Waals surface area contributed by atoms with Crippen molar-refractivity contribution in [3.05, 3.63) is 34.9 Å². The fraction of sp³-hybridized carbons (Fsp3) is 0.538. The highest BCUT2D eigenvalue weighted by molar-refractivity contribution is 7.89. The molecule has 0 atom stereocenters. The summed E-state index contributed by atoms with van der Waals surface area (Å²) in [5, 5.41) is 0.605. The summed E-state index contributed by atoms with van der Waals surface area (Å²) in [7, 11) is -3.26. The Bertz CT molecular complexity index is 497. The van der Waals surface area contributed by atoms with Gasteiger partial charge < -0.3 is 0 Å². The molecule has 18 heavy (non-hydrogen) atoms. The van der Waals surface area contributed by atoms with Crippen LogP contribution in [0.3, 0.4) is 0 Å². The van der Waals surface area contributed by atoms with Crippen LogP contribution in [0.5, 0.6) is 0 Å². The summed E-state index contributed by atoms with van der Waals surface area (Å²) < 4.78 is 26.6. The maximum atomic E-state index is 11.9. The maximum absolute atomic E-state index is 11.9. The van der Waals surface area contributed by atoms with Crippen molar-refractivity contribution in [2.75, 3.05) is 5.75 Å². The molecule has 0 fully saturated rings. The molecule has 102 valence electrons. The summed E-state index contributed by atoms with van der Waals surface area (Å²) >= 11 is 5.93. The highest BCUT2D eigenvalue weighted by atomic mass is 35.5. The lowest BCUT2D eigenvalue weighted by Crippen LogP contribution is -2.42. The third kappa shape index (κ3) is 4.59. The van der Waals surface area contributed by atoms with E-state index in [0.717, 1.165) is 12.0 Å². The number of benzene rings is 1. The molecule has 0 aromatic heterocycles. The largest absolute Gasteiger partial charge is 0.212 e. The molecule has 0 radical (unpaired) electrons. The van der Waals surface area contributed by atoms with E-state index in [4.69, 9.17) is 11.6 Å². The van der Waals surface area contributed by atoms with Crippen molar-refractivity contribution in [3.63, 3.8) is 0 Å². The van der Waals surface area contributed by atoms with E-state index < -0.39 is 15.6 Å². The standard InChI is InChI=1S/C13H20ClNO2S/c1-4-5-9-18(16,17)15-13(2,3)11-7-6-8-12(14)10-11/h6-8,10,15H,4-5,9H2,1-3H3. The van der Waals surface area contributed by atoms with Gasteiger partial charge in [-0.2, -0.15) is 0 Å². The van der Waals surface area contributed by atoms with Crippen molar-refractivity contribution in [3.8, 4) is 0 Å². The lowest BCUT2D eigenvalue weighted by molar-refractivity contribution is 0.471. The van der Waals surface area contributed by atoms with E-state index in [0.29, 0.717) is 11.4 Å². The van der Waals surface area contributed by atoms with E-state index in [9.17, 15) is 8.42 Å². The summed E-state index contributed by atoms with van der Waals surface area (Å²) in [6.07, 6.45) is 1.53. The Labute approximate surface area is 115 Å². The van der Waals surface area contributed by atoms with Crippen LogP contribution >= 0.6 is 11.6 Å². The van der Waals surface area contributed by atoms with E-state index in [1.54, 1.807) is 12.1 Å². The zero-order valence-corrected chi connectivity index (χ0v) is 12.6. The molecule has 0 heterocycles. The van der Waals surface area contributed by atoms with Crippen LogP contribution < -0.4 is 4.72 Å². The number of hydrogen-bond acceptors (Lipinski definition) is 2. The van der Waals surface area contributed by atoms with E-state index in [2.05, 4.69) is 4.72 Å². The predicted molar refractivity (Wildman–Crippen MR) is 76.3 cm³/mol. The minimum absolute atomic E-state index is 0.160. The fourth-order valence-electron chi connectivity index (χ4n) is 1.71. The molecule has 5 heteroatoms. The molecule has 0 saturated carbocycles. The third-order valence-corrected chi connectivity index (χ3v) is 4.61. The second kappa shape index (κ2) is 6.04. The van der Waals surface area contributed by atoms with Gasteiger partial charge >= 0.3 is 0 Å². The molecule has 1 rings (SSSR count). The Hall–Kier alpha value is -0.580. The Kier molecular flexibility index (Phi) is 5.20. The molecule has 0 bridgehead atoms. The smallest absolute Gasteiger partial charge is 0.212 e. The van der Waals surface area contributed by atoms with Crippen molar-refractivity contribution in [2.45, 2.75) is 39.2 Å². The summed E-state index contributed by atoms with van der Waals surface area (Å²) in [6.45, 7) is 5.64. The van der Waals surface area contributed by atoms with Gasteiger partial charge in [-0.1, -0.05) is 37.1 Å². The molecule has 0 amide bonds. The molecule has 3 nitrogen and oxygen atoms in total. The lowest BCUT2D eigenvalue weighted by atomic mass is 9.96. The van der Waals surface area contributed by atoms with Crippen LogP contribution in [0.25, 0.3) is 0 Å². The molecular weight excluding hydrogens is 270 g/mol. The number of sulfonamides is 1. The van der Waals surface area contributed by atoms with Gasteiger partial charge in [-0.15, -0.1) is 0 Å². The second-order valence-electron chi connectivity index (χ2n) is 4.91. The Morgan fingerprint density at radius 1 is 1.33 bits per heavy atom. The zero-order chi connectivity index (χ0) is 13.8. The summed E-state index contributed by atoms with van der Waals surface area (Å²) in [5.74, 6) is 0.160. The fourth-order valence-corrected chi connectivity index (χ4v) is 3.57. The Balaban J connectivity index is 2.88. The van der Waals surface area contributed by atoms with E-state index in [1.165, 1.54) is 0 Å². The van der Waals surface area contributed by atoms with Crippen LogP contribution in [0.15, 0.2) is 24.3 Å². The summed E-state index contributed by atoms with van der Waals surface area (Å²) in [5.41, 5.74) is 0.201. The van der Waals surface area contributed by atoms with Crippen molar-refractivity contribution in [1.29, 1.82) is 0 Å². The molecule has 0 saturated heterocycles. The first-order chi connectivity index (χ1) is 8.27. The predicted octanol–water partition coefficient (Wildman–Crippen LogP) is 3.29. The number of nitrogens with one attached hydrogen (secondary N) is 1. The molecule has 0 spiro atoms. The average Bonchev–Trinajstić information content (AvgIpc) is 2.25. The van der Waals surface area contributed by atoms with Gasteiger partial charge in [0.25, 0.3) is 0 Å². The Morgan fingerprint density at radius 3 is 2.56 bits per heavy atom. The van der Waals surface area contributed by atoms with Gasteiger partial charge in [0.15, 0.2) is 0 Å². The number of halogens is 1. The van der Waals surface area contributed by atoms with Crippen LogP contribution in [0, 0.1) is 0 Å². The van der Waals surface area contributed by atoms with Gasteiger partial charge in [0.2, 0.25) is 10.0 Å². The lowest BCUT2D eigenvalue weighted by Gasteiger charge is -2.26. The van der Waals surface area contributed by atoms with Gasteiger partial charge in [-0.3, -0.25) is 0 Å². The molecule has 1 aromatic rings. The molecule has 1 aromatic carbocycles. The van der Waals surface area contributed by atoms with Gasteiger partial charge in [-0.05, 0) is 38.0 Å². The van der Waals surface area contributed by atoms with Gasteiger partial charge in [0, 0.05) is 5.02 Å². The average molecular weight is 290 g/mol. The first kappa shape index (κ1) is 15.5. The van der Waals surface area contributed by atoms with Crippen LogP contribution in [-0.2, 0) is 15.6 Å². The zero-order valence-electron chi connectivity index (χ0n) is 11.0. The van der Waals surface area contributed by atoms with E-state index in [-0.39, 0.29) is 5.75 Å². The van der Waals surface area contributed by atoms with Crippen molar-refractivity contribution in [1.82, 2.24) is 4.72 Å². The molecule has 0 aliphatic heterocycles. The molecular formula is C13H20ClNO2S. The van der Waals surface area contributed by atoms with Gasteiger partial charge in [0.05, 0.1) is 11.3 Å². The second-order valence-corrected chi connectivity index (χ2v) is 7.19. The van der Waals surface area contributed by atoms with Gasteiger partial charge in [-0.25, -0.2) is 13.1 Å². The van der Waals surface area contributed by atoms with Crippen LogP contribution in [0.2, 0.25) is 5.02 Å². The van der Waals surface area contributed by atoms with E-state index in [1.807, 2.05) is 32.9 Å². The quantitative estimate of drug-likeness (QED) is 0.873.